The molecule has 2 fully saturated rings. The van der Waals surface area contributed by atoms with Gasteiger partial charge in [-0.3, -0.25) is 9.48 Å². The van der Waals surface area contributed by atoms with Crippen molar-refractivity contribution in [2.45, 2.75) is 44.7 Å². The van der Waals surface area contributed by atoms with Crippen molar-refractivity contribution < 1.29 is 17.7 Å². The van der Waals surface area contributed by atoms with Crippen molar-refractivity contribution in [2.24, 2.45) is 5.92 Å². The quantitative estimate of drug-likeness (QED) is 0.738. The minimum atomic E-state index is -3.32. The van der Waals surface area contributed by atoms with Gasteiger partial charge in [0, 0.05) is 25.3 Å². The molecule has 0 radical (unpaired) electrons. The van der Waals surface area contributed by atoms with Crippen LogP contribution in [0, 0.1) is 19.8 Å². The minimum Gasteiger partial charge on any atom is -0.352 e. The second-order valence-electron chi connectivity index (χ2n) is 7.91. The molecule has 1 aliphatic carbocycles. The molecule has 1 aliphatic heterocycles. The Morgan fingerprint density at radius 1 is 1.43 bits per heavy atom. The molecule has 0 aromatic carbocycles. The molecule has 11 heteroatoms. The van der Waals surface area contributed by atoms with Crippen molar-refractivity contribution in [1.82, 2.24) is 29.5 Å². The third kappa shape index (κ3) is 3.44. The standard InChI is InChI=1S/C17H24N6O4S/c1-11-4-5-22(20-11)9-15(24)19-14-6-13-8-23(28(3,25)26)10-17(13,7-14)16-18-12(2)21-27-16/h4-5,13-14H,6-10H2,1-3H3,(H,19,24)/t13?,14-,17+/m1/s1. The topological polar surface area (TPSA) is 123 Å². The van der Waals surface area contributed by atoms with E-state index in [-0.39, 0.29) is 24.4 Å². The molecule has 0 bridgehead atoms. The van der Waals surface area contributed by atoms with E-state index in [0.717, 1.165) is 5.69 Å². The van der Waals surface area contributed by atoms with Gasteiger partial charge < -0.3 is 9.84 Å². The Morgan fingerprint density at radius 3 is 2.82 bits per heavy atom. The van der Waals surface area contributed by atoms with Crippen LogP contribution in [0.25, 0.3) is 0 Å². The average molecular weight is 408 g/mol. The Balaban J connectivity index is 1.51. The van der Waals surface area contributed by atoms with Crippen LogP contribution >= 0.6 is 0 Å². The number of carbonyl (C=O) groups is 1. The number of aryl methyl sites for hydroxylation is 2. The van der Waals surface area contributed by atoms with E-state index >= 15 is 0 Å². The molecular weight excluding hydrogens is 384 g/mol. The van der Waals surface area contributed by atoms with Crippen LogP contribution < -0.4 is 5.32 Å². The van der Waals surface area contributed by atoms with Gasteiger partial charge in [-0.2, -0.15) is 10.1 Å². The van der Waals surface area contributed by atoms with Crippen LogP contribution in [-0.2, 0) is 26.8 Å². The smallest absolute Gasteiger partial charge is 0.241 e. The van der Waals surface area contributed by atoms with E-state index in [1.54, 1.807) is 17.8 Å². The summed E-state index contributed by atoms with van der Waals surface area (Å²) in [5, 5.41) is 11.2. The number of fused-ring (bicyclic) bond motifs is 1. The monoisotopic (exact) mass is 408 g/mol. The van der Waals surface area contributed by atoms with Crippen LogP contribution in [0.2, 0.25) is 0 Å². The van der Waals surface area contributed by atoms with Gasteiger partial charge in [-0.15, -0.1) is 0 Å². The van der Waals surface area contributed by atoms with E-state index in [2.05, 4.69) is 20.6 Å². The van der Waals surface area contributed by atoms with Gasteiger partial charge in [0.25, 0.3) is 0 Å². The van der Waals surface area contributed by atoms with Crippen LogP contribution in [0.5, 0.6) is 0 Å². The molecule has 2 aromatic rings. The summed E-state index contributed by atoms with van der Waals surface area (Å²) in [5.41, 5.74) is 0.291. The van der Waals surface area contributed by atoms with Gasteiger partial charge in [0.1, 0.15) is 6.54 Å². The third-order valence-corrected chi connectivity index (χ3v) is 6.93. The summed E-state index contributed by atoms with van der Waals surface area (Å²) in [6, 6.07) is 1.77. The van der Waals surface area contributed by atoms with E-state index in [0.29, 0.717) is 37.6 Å². The first-order valence-electron chi connectivity index (χ1n) is 9.21. The van der Waals surface area contributed by atoms with Crippen molar-refractivity contribution in [1.29, 1.82) is 0 Å². The number of rotatable bonds is 5. The molecule has 152 valence electrons. The van der Waals surface area contributed by atoms with Gasteiger partial charge >= 0.3 is 0 Å². The third-order valence-electron chi connectivity index (χ3n) is 5.71. The van der Waals surface area contributed by atoms with Crippen molar-refractivity contribution in [2.75, 3.05) is 19.3 Å². The highest BCUT2D eigenvalue weighted by atomic mass is 32.2. The van der Waals surface area contributed by atoms with E-state index in [4.69, 9.17) is 4.52 Å². The maximum atomic E-state index is 12.4. The average Bonchev–Trinajstić information content (AvgIpc) is 3.30. The number of carbonyl (C=O) groups excluding carboxylic acids is 1. The summed E-state index contributed by atoms with van der Waals surface area (Å²) in [6.45, 7) is 4.45. The molecule has 1 N–H and O–H groups in total. The Kier molecular flexibility index (Phi) is 4.53. The van der Waals surface area contributed by atoms with Crippen LogP contribution in [0.15, 0.2) is 16.8 Å². The highest BCUT2D eigenvalue weighted by Crippen LogP contribution is 2.50. The summed E-state index contributed by atoms with van der Waals surface area (Å²) in [4.78, 5) is 16.8. The maximum Gasteiger partial charge on any atom is 0.241 e. The summed E-state index contributed by atoms with van der Waals surface area (Å²) >= 11 is 0. The lowest BCUT2D eigenvalue weighted by atomic mass is 9.80. The summed E-state index contributed by atoms with van der Waals surface area (Å²) < 4.78 is 32.7. The molecule has 1 amide bonds. The van der Waals surface area contributed by atoms with Gasteiger partial charge in [-0.25, -0.2) is 12.7 Å². The van der Waals surface area contributed by atoms with Crippen LogP contribution in [0.1, 0.15) is 30.3 Å². The first kappa shape index (κ1) is 19.1. The van der Waals surface area contributed by atoms with Gasteiger partial charge in [0.05, 0.1) is 17.4 Å². The second-order valence-corrected chi connectivity index (χ2v) is 9.90. The van der Waals surface area contributed by atoms with Gasteiger partial charge in [-0.1, -0.05) is 5.16 Å². The molecule has 4 rings (SSSR count). The van der Waals surface area contributed by atoms with E-state index in [1.165, 1.54) is 10.6 Å². The minimum absolute atomic E-state index is 0.0133. The molecule has 10 nitrogen and oxygen atoms in total. The number of nitrogens with one attached hydrogen (secondary N) is 1. The summed E-state index contributed by atoms with van der Waals surface area (Å²) in [7, 11) is -3.32. The molecule has 2 aliphatic rings. The highest BCUT2D eigenvalue weighted by Gasteiger charge is 2.58. The first-order valence-corrected chi connectivity index (χ1v) is 11.1. The van der Waals surface area contributed by atoms with Crippen LogP contribution in [0.3, 0.4) is 0 Å². The number of hydrogen-bond donors (Lipinski definition) is 1. The fourth-order valence-electron chi connectivity index (χ4n) is 4.49. The molecule has 1 saturated carbocycles. The Labute approximate surface area is 163 Å². The van der Waals surface area contributed by atoms with Gasteiger partial charge in [0.2, 0.25) is 21.8 Å². The molecule has 0 spiro atoms. The van der Waals surface area contributed by atoms with Crippen molar-refractivity contribution in [3.05, 3.63) is 29.7 Å². The fraction of sp³-hybridized carbons (Fsp3) is 0.647. The number of hydrogen-bond acceptors (Lipinski definition) is 7. The largest absolute Gasteiger partial charge is 0.352 e. The predicted molar refractivity (Wildman–Crippen MR) is 98.7 cm³/mol. The molecule has 2 aromatic heterocycles. The number of aromatic nitrogens is 4. The van der Waals surface area contributed by atoms with Gasteiger partial charge in [0.15, 0.2) is 5.82 Å². The van der Waals surface area contributed by atoms with Crippen molar-refractivity contribution >= 4 is 15.9 Å². The Hall–Kier alpha value is -2.27. The SMILES string of the molecule is Cc1ccn(CC(=O)N[C@@H]2CC3CN(S(C)(=O)=O)C[C@@]3(c3nc(C)no3)C2)n1. The summed E-state index contributed by atoms with van der Waals surface area (Å²) in [6.07, 6.45) is 4.21. The lowest BCUT2D eigenvalue weighted by Crippen LogP contribution is -2.40. The zero-order valence-corrected chi connectivity index (χ0v) is 16.9. The highest BCUT2D eigenvalue weighted by molar-refractivity contribution is 7.88. The van der Waals surface area contributed by atoms with Crippen molar-refractivity contribution in [3.8, 4) is 0 Å². The Bertz CT molecular complexity index is 999. The molecule has 1 saturated heterocycles. The number of amides is 1. The lowest BCUT2D eigenvalue weighted by Gasteiger charge is -2.24. The second kappa shape index (κ2) is 6.66. The fourth-order valence-corrected chi connectivity index (χ4v) is 5.41. The molecular formula is C17H24N6O4S. The van der Waals surface area contributed by atoms with E-state index < -0.39 is 15.4 Å². The van der Waals surface area contributed by atoms with Crippen LogP contribution in [0.4, 0.5) is 0 Å². The molecule has 3 atom stereocenters. The van der Waals surface area contributed by atoms with Gasteiger partial charge in [-0.05, 0) is 38.7 Å². The Morgan fingerprint density at radius 2 is 2.21 bits per heavy atom. The zero-order chi connectivity index (χ0) is 20.1. The molecule has 1 unspecified atom stereocenters. The van der Waals surface area contributed by atoms with E-state index in [9.17, 15) is 13.2 Å². The summed E-state index contributed by atoms with van der Waals surface area (Å²) in [5.74, 6) is 0.868. The molecule has 28 heavy (non-hydrogen) atoms. The number of nitrogens with zero attached hydrogens (tertiary/aromatic N) is 5. The normalized spacial score (nSPS) is 27.8. The first-order chi connectivity index (χ1) is 13.2. The van der Waals surface area contributed by atoms with Crippen LogP contribution in [-0.4, -0.2) is 63.9 Å². The van der Waals surface area contributed by atoms with Crippen molar-refractivity contribution in [3.63, 3.8) is 0 Å². The molecule has 3 heterocycles. The maximum absolute atomic E-state index is 12.4. The predicted octanol–water partition coefficient (Wildman–Crippen LogP) is -0.00906. The van der Waals surface area contributed by atoms with E-state index in [1.807, 2.05) is 13.0 Å². The lowest BCUT2D eigenvalue weighted by molar-refractivity contribution is -0.122. The number of sulfonamides is 1. The zero-order valence-electron chi connectivity index (χ0n) is 16.1.